The second-order valence-electron chi connectivity index (χ2n) is 8.38. The van der Waals surface area contributed by atoms with Gasteiger partial charge in [-0.05, 0) is 63.4 Å². The predicted octanol–water partition coefficient (Wildman–Crippen LogP) is 2.85. The fraction of sp³-hybridized carbons (Fsp3) is 0.565. The summed E-state index contributed by atoms with van der Waals surface area (Å²) in [5.41, 5.74) is 2.41. The molecule has 0 aliphatic heterocycles. The van der Waals surface area contributed by atoms with E-state index in [-0.39, 0.29) is 36.9 Å². The number of fused-ring (bicyclic) bond motifs is 3. The quantitative estimate of drug-likeness (QED) is 0.615. The Morgan fingerprint density at radius 2 is 1.84 bits per heavy atom. The van der Waals surface area contributed by atoms with Crippen LogP contribution in [0, 0.1) is 0 Å². The average Bonchev–Trinajstić information content (AvgIpc) is 3.16. The normalized spacial score (nSPS) is 15.9. The molecule has 0 fully saturated rings. The van der Waals surface area contributed by atoms with Crippen LogP contribution in [0.15, 0.2) is 22.8 Å². The third-order valence-corrected chi connectivity index (χ3v) is 7.28. The summed E-state index contributed by atoms with van der Waals surface area (Å²) in [6.45, 7) is 0.818. The van der Waals surface area contributed by atoms with Gasteiger partial charge in [0, 0.05) is 24.4 Å². The molecule has 4 rings (SSSR count). The highest BCUT2D eigenvalue weighted by Crippen LogP contribution is 2.33. The molecule has 2 heterocycles. The van der Waals surface area contributed by atoms with E-state index in [4.69, 9.17) is 0 Å². The van der Waals surface area contributed by atoms with Crippen molar-refractivity contribution in [3.63, 3.8) is 0 Å². The van der Waals surface area contributed by atoms with Crippen LogP contribution in [0.3, 0.4) is 0 Å². The zero-order valence-corrected chi connectivity index (χ0v) is 18.7. The summed E-state index contributed by atoms with van der Waals surface area (Å²) in [5, 5.41) is 6.33. The minimum Gasteiger partial charge on any atom is -0.356 e. The molecule has 0 atom stereocenters. The Hall–Kier alpha value is -2.48. The number of nitrogens with one attached hydrogen (secondary N) is 2. The monoisotopic (exact) mass is 442 g/mol. The Bertz CT molecular complexity index is 1050. The topological polar surface area (TPSA) is 93.1 Å². The van der Waals surface area contributed by atoms with Crippen molar-refractivity contribution < 1.29 is 9.59 Å². The summed E-state index contributed by atoms with van der Waals surface area (Å²) in [6.07, 6.45) is 13.8. The Balaban J connectivity index is 1.24. The van der Waals surface area contributed by atoms with Gasteiger partial charge in [-0.25, -0.2) is 4.98 Å². The molecule has 2 amide bonds. The molecule has 0 saturated heterocycles. The average molecular weight is 443 g/mol. The van der Waals surface area contributed by atoms with Crippen LogP contribution in [-0.2, 0) is 29.0 Å². The molecule has 0 saturated carbocycles. The number of carbonyl (C=O) groups excluding carboxylic acids is 2. The number of aromatic nitrogens is 2. The summed E-state index contributed by atoms with van der Waals surface area (Å²) in [5.74, 6) is -0.352. The van der Waals surface area contributed by atoms with E-state index in [1.54, 1.807) is 11.3 Å². The van der Waals surface area contributed by atoms with Gasteiger partial charge in [-0.15, -0.1) is 11.3 Å². The number of thiophene rings is 1. The van der Waals surface area contributed by atoms with Crippen LogP contribution in [0.25, 0.3) is 10.2 Å². The molecule has 0 spiro atoms. The summed E-state index contributed by atoms with van der Waals surface area (Å²) in [6, 6.07) is 0. The van der Waals surface area contributed by atoms with Crippen LogP contribution >= 0.6 is 11.3 Å². The second kappa shape index (κ2) is 10.2. The van der Waals surface area contributed by atoms with Crippen molar-refractivity contribution in [2.75, 3.05) is 13.1 Å². The standard InChI is InChI=1S/C23H30N4O3S/c28-19(24-12-10-16-6-2-1-3-7-16)11-13-25-20(29)14-27-15-26-22-21(23(27)30)17-8-4-5-9-18(17)31-22/h6,15H,1-5,7-14H2,(H,24,28)(H,25,29). The van der Waals surface area contributed by atoms with Gasteiger partial charge in [0.1, 0.15) is 11.4 Å². The van der Waals surface area contributed by atoms with Crippen molar-refractivity contribution in [2.45, 2.75) is 70.8 Å². The van der Waals surface area contributed by atoms with Gasteiger partial charge < -0.3 is 10.6 Å². The number of hydrogen-bond acceptors (Lipinski definition) is 5. The molecular formula is C23H30N4O3S. The number of carbonyl (C=O) groups is 2. The van der Waals surface area contributed by atoms with Crippen LogP contribution in [0.1, 0.15) is 61.8 Å². The van der Waals surface area contributed by atoms with Crippen molar-refractivity contribution in [3.05, 3.63) is 38.8 Å². The van der Waals surface area contributed by atoms with Gasteiger partial charge in [-0.2, -0.15) is 0 Å². The van der Waals surface area contributed by atoms with Crippen molar-refractivity contribution >= 4 is 33.4 Å². The van der Waals surface area contributed by atoms with E-state index in [1.807, 2.05) is 0 Å². The first-order chi connectivity index (χ1) is 15.1. The van der Waals surface area contributed by atoms with Crippen molar-refractivity contribution in [1.29, 1.82) is 0 Å². The minimum absolute atomic E-state index is 0.0677. The fourth-order valence-corrected chi connectivity index (χ4v) is 5.62. The molecule has 2 aliphatic rings. The molecule has 0 bridgehead atoms. The van der Waals surface area contributed by atoms with Gasteiger partial charge in [-0.3, -0.25) is 19.0 Å². The van der Waals surface area contributed by atoms with E-state index in [9.17, 15) is 14.4 Å². The fourth-order valence-electron chi connectivity index (χ4n) is 4.40. The zero-order chi connectivity index (χ0) is 21.6. The molecule has 2 aromatic rings. The lowest BCUT2D eigenvalue weighted by molar-refractivity contribution is -0.122. The van der Waals surface area contributed by atoms with Gasteiger partial charge in [0.05, 0.1) is 11.7 Å². The molecule has 0 radical (unpaired) electrons. The zero-order valence-electron chi connectivity index (χ0n) is 17.9. The lowest BCUT2D eigenvalue weighted by atomic mass is 9.97. The number of allylic oxidation sites excluding steroid dienone is 1. The number of rotatable bonds is 8. The van der Waals surface area contributed by atoms with Crippen molar-refractivity contribution in [3.8, 4) is 0 Å². The first kappa shape index (κ1) is 21.7. The maximum Gasteiger partial charge on any atom is 0.262 e. The maximum atomic E-state index is 12.9. The molecule has 0 unspecified atom stereocenters. The molecule has 0 aromatic carbocycles. The molecule has 2 aliphatic carbocycles. The first-order valence-electron chi connectivity index (χ1n) is 11.3. The predicted molar refractivity (Wildman–Crippen MR) is 122 cm³/mol. The molecule has 2 N–H and O–H groups in total. The molecule has 166 valence electrons. The number of nitrogens with zero attached hydrogens (tertiary/aromatic N) is 2. The third-order valence-electron chi connectivity index (χ3n) is 6.08. The van der Waals surface area contributed by atoms with Crippen LogP contribution in [-0.4, -0.2) is 34.5 Å². The van der Waals surface area contributed by atoms with Crippen LogP contribution in [0.2, 0.25) is 0 Å². The first-order valence-corrected chi connectivity index (χ1v) is 12.1. The van der Waals surface area contributed by atoms with E-state index >= 15 is 0 Å². The number of hydrogen-bond donors (Lipinski definition) is 2. The molecule has 2 aromatic heterocycles. The number of amides is 2. The van der Waals surface area contributed by atoms with E-state index in [0.717, 1.165) is 55.3 Å². The van der Waals surface area contributed by atoms with Crippen LogP contribution in [0.4, 0.5) is 0 Å². The highest BCUT2D eigenvalue weighted by Gasteiger charge is 2.20. The highest BCUT2D eigenvalue weighted by atomic mass is 32.1. The summed E-state index contributed by atoms with van der Waals surface area (Å²) in [7, 11) is 0. The van der Waals surface area contributed by atoms with E-state index in [0.29, 0.717) is 11.9 Å². The van der Waals surface area contributed by atoms with E-state index < -0.39 is 0 Å². The Kier molecular flexibility index (Phi) is 7.17. The van der Waals surface area contributed by atoms with Crippen molar-refractivity contribution in [2.24, 2.45) is 0 Å². The van der Waals surface area contributed by atoms with Crippen LogP contribution < -0.4 is 16.2 Å². The Labute approximate surface area is 185 Å². The lowest BCUT2D eigenvalue weighted by Crippen LogP contribution is -2.35. The third kappa shape index (κ3) is 5.42. The van der Waals surface area contributed by atoms with E-state index in [2.05, 4.69) is 21.7 Å². The summed E-state index contributed by atoms with van der Waals surface area (Å²) < 4.78 is 1.37. The van der Waals surface area contributed by atoms with Gasteiger partial charge in [0.2, 0.25) is 11.8 Å². The smallest absolute Gasteiger partial charge is 0.262 e. The molecule has 31 heavy (non-hydrogen) atoms. The van der Waals surface area contributed by atoms with Gasteiger partial charge >= 0.3 is 0 Å². The van der Waals surface area contributed by atoms with Gasteiger partial charge in [0.25, 0.3) is 5.56 Å². The van der Waals surface area contributed by atoms with E-state index in [1.165, 1.54) is 34.2 Å². The van der Waals surface area contributed by atoms with Crippen LogP contribution in [0.5, 0.6) is 0 Å². The van der Waals surface area contributed by atoms with Gasteiger partial charge in [0.15, 0.2) is 0 Å². The maximum absolute atomic E-state index is 12.9. The lowest BCUT2D eigenvalue weighted by Gasteiger charge is -2.13. The summed E-state index contributed by atoms with van der Waals surface area (Å²) >= 11 is 1.60. The number of aryl methyl sites for hydroxylation is 2. The van der Waals surface area contributed by atoms with Crippen molar-refractivity contribution in [1.82, 2.24) is 20.2 Å². The summed E-state index contributed by atoms with van der Waals surface area (Å²) in [4.78, 5) is 43.6. The Morgan fingerprint density at radius 1 is 1.03 bits per heavy atom. The Morgan fingerprint density at radius 3 is 2.68 bits per heavy atom. The highest BCUT2D eigenvalue weighted by molar-refractivity contribution is 7.18. The van der Waals surface area contributed by atoms with Gasteiger partial charge in [-0.1, -0.05) is 11.6 Å². The minimum atomic E-state index is -0.285. The second-order valence-corrected chi connectivity index (χ2v) is 9.46. The SMILES string of the molecule is O=C(CCNC(=O)Cn1cnc2sc3c(c2c1=O)CCCC3)NCCC1=CCCCC1. The molecule has 8 heteroatoms. The largest absolute Gasteiger partial charge is 0.356 e. The molecule has 7 nitrogen and oxygen atoms in total. The molecular weight excluding hydrogens is 412 g/mol.